The molecule has 4 rings (SSSR count). The van der Waals surface area contributed by atoms with E-state index in [4.69, 9.17) is 21.1 Å². The molecule has 0 fully saturated rings. The van der Waals surface area contributed by atoms with E-state index in [9.17, 15) is 4.79 Å². The number of halogens is 1. The van der Waals surface area contributed by atoms with Gasteiger partial charge < -0.3 is 14.0 Å². The average Bonchev–Trinajstić information content (AvgIpc) is 2.98. The molecule has 5 nitrogen and oxygen atoms in total. The molecular weight excluding hydrogens is 384 g/mol. The van der Waals surface area contributed by atoms with Gasteiger partial charge in [0.15, 0.2) is 16.3 Å². The van der Waals surface area contributed by atoms with Crippen molar-refractivity contribution >= 4 is 39.1 Å². The van der Waals surface area contributed by atoms with Crippen molar-refractivity contribution in [3.05, 3.63) is 64.4 Å². The number of allylic oxidation sites excluding steroid dienone is 1. The number of thiazole rings is 1. The number of fused-ring (bicyclic) bond motifs is 2. The quantitative estimate of drug-likeness (QED) is 0.622. The third-order valence-corrected chi connectivity index (χ3v) is 5.59. The van der Waals surface area contributed by atoms with E-state index in [1.807, 2.05) is 34.9 Å². The van der Waals surface area contributed by atoms with E-state index >= 15 is 0 Å². The predicted molar refractivity (Wildman–Crippen MR) is 107 cm³/mol. The molecule has 1 aromatic heterocycles. The van der Waals surface area contributed by atoms with E-state index in [0.29, 0.717) is 35.3 Å². The van der Waals surface area contributed by atoms with Crippen molar-refractivity contribution < 1.29 is 14.3 Å². The highest BCUT2D eigenvalue weighted by Crippen LogP contribution is 2.35. The standard InChI is InChI=1S/C20H17ClN2O3S/c1-2-7-23-15-11-16-17(26-9-8-25-16)12-18(15)27-20(23)22-19(24)10-13-5-3-4-6-14(13)21/h2-6,11-12H,1,7-10H2. The number of rotatable bonds is 4. The highest BCUT2D eigenvalue weighted by atomic mass is 35.5. The van der Waals surface area contributed by atoms with Gasteiger partial charge in [0.2, 0.25) is 0 Å². The number of carbonyl (C=O) groups excluding carboxylic acids is 1. The minimum absolute atomic E-state index is 0.157. The van der Waals surface area contributed by atoms with Gasteiger partial charge in [-0.05, 0) is 11.6 Å². The van der Waals surface area contributed by atoms with Gasteiger partial charge in [-0.15, -0.1) is 6.58 Å². The molecule has 0 bridgehead atoms. The van der Waals surface area contributed by atoms with Crippen LogP contribution in [0.3, 0.4) is 0 Å². The van der Waals surface area contributed by atoms with Crippen LogP contribution in [0.5, 0.6) is 11.5 Å². The fourth-order valence-corrected chi connectivity index (χ4v) is 4.22. The largest absolute Gasteiger partial charge is 0.486 e. The summed E-state index contributed by atoms with van der Waals surface area (Å²) in [6, 6.07) is 11.2. The second kappa shape index (κ2) is 7.58. The van der Waals surface area contributed by atoms with Gasteiger partial charge in [-0.3, -0.25) is 4.79 Å². The summed E-state index contributed by atoms with van der Waals surface area (Å²) in [6.07, 6.45) is 1.94. The smallest absolute Gasteiger partial charge is 0.252 e. The molecule has 2 heterocycles. The maximum Gasteiger partial charge on any atom is 0.252 e. The number of benzene rings is 2. The van der Waals surface area contributed by atoms with Crippen LogP contribution in [-0.4, -0.2) is 23.7 Å². The minimum atomic E-state index is -0.246. The van der Waals surface area contributed by atoms with E-state index < -0.39 is 0 Å². The van der Waals surface area contributed by atoms with Crippen molar-refractivity contribution in [1.29, 1.82) is 0 Å². The van der Waals surface area contributed by atoms with Crippen LogP contribution in [0, 0.1) is 0 Å². The first kappa shape index (κ1) is 17.8. The molecule has 0 N–H and O–H groups in total. The zero-order chi connectivity index (χ0) is 18.8. The molecule has 0 spiro atoms. The van der Waals surface area contributed by atoms with Crippen LogP contribution in [0.25, 0.3) is 10.2 Å². The second-order valence-electron chi connectivity index (χ2n) is 6.02. The van der Waals surface area contributed by atoms with E-state index in [1.165, 1.54) is 11.3 Å². The Morgan fingerprint density at radius 1 is 1.26 bits per heavy atom. The SMILES string of the molecule is C=CCn1c(=NC(=O)Cc2ccccc2Cl)sc2cc3c(cc21)OCCO3. The molecule has 0 radical (unpaired) electrons. The Bertz CT molecular complexity index is 1100. The third kappa shape index (κ3) is 3.63. The van der Waals surface area contributed by atoms with E-state index in [2.05, 4.69) is 11.6 Å². The molecule has 0 saturated heterocycles. The molecule has 7 heteroatoms. The van der Waals surface area contributed by atoms with Crippen molar-refractivity contribution in [2.45, 2.75) is 13.0 Å². The van der Waals surface area contributed by atoms with E-state index in [0.717, 1.165) is 21.5 Å². The van der Waals surface area contributed by atoms with Gasteiger partial charge in [-0.25, -0.2) is 0 Å². The van der Waals surface area contributed by atoms with Gasteiger partial charge in [-0.2, -0.15) is 4.99 Å². The molecule has 27 heavy (non-hydrogen) atoms. The monoisotopic (exact) mass is 400 g/mol. The summed E-state index contributed by atoms with van der Waals surface area (Å²) in [6.45, 7) is 5.41. The Morgan fingerprint density at radius 2 is 2.00 bits per heavy atom. The summed E-state index contributed by atoms with van der Waals surface area (Å²) in [5, 5.41) is 0.568. The normalized spacial score (nSPS) is 13.7. The molecule has 0 aliphatic carbocycles. The number of ether oxygens (including phenoxy) is 2. The third-order valence-electron chi connectivity index (χ3n) is 4.18. The fraction of sp³-hybridized carbons (Fsp3) is 0.200. The Hall–Kier alpha value is -2.57. The Balaban J connectivity index is 1.76. The topological polar surface area (TPSA) is 52.8 Å². The lowest BCUT2D eigenvalue weighted by molar-refractivity contribution is -0.117. The predicted octanol–water partition coefficient (Wildman–Crippen LogP) is 3.98. The zero-order valence-corrected chi connectivity index (χ0v) is 16.1. The number of hydrogen-bond donors (Lipinski definition) is 0. The summed E-state index contributed by atoms with van der Waals surface area (Å²) < 4.78 is 14.3. The van der Waals surface area contributed by atoms with Crippen LogP contribution in [0.15, 0.2) is 54.0 Å². The van der Waals surface area contributed by atoms with Crippen LogP contribution >= 0.6 is 22.9 Å². The van der Waals surface area contributed by atoms with Crippen LogP contribution in [0.4, 0.5) is 0 Å². The molecule has 1 amide bonds. The number of nitrogens with zero attached hydrogens (tertiary/aromatic N) is 2. The Labute approximate surface area is 165 Å². The van der Waals surface area contributed by atoms with Gasteiger partial charge in [0.1, 0.15) is 13.2 Å². The Morgan fingerprint density at radius 3 is 2.74 bits per heavy atom. The number of amides is 1. The molecule has 1 aliphatic heterocycles. The molecule has 2 aromatic carbocycles. The Kier molecular flexibility index (Phi) is 5.01. The summed E-state index contributed by atoms with van der Waals surface area (Å²) in [4.78, 5) is 17.5. The molecular formula is C20H17ClN2O3S. The molecule has 3 aromatic rings. The maximum absolute atomic E-state index is 12.5. The highest BCUT2D eigenvalue weighted by molar-refractivity contribution is 7.16. The second-order valence-corrected chi connectivity index (χ2v) is 7.44. The van der Waals surface area contributed by atoms with Crippen molar-refractivity contribution in [1.82, 2.24) is 4.57 Å². The fourth-order valence-electron chi connectivity index (χ4n) is 2.95. The number of aromatic nitrogens is 1. The first-order valence-electron chi connectivity index (χ1n) is 8.50. The van der Waals surface area contributed by atoms with Gasteiger partial charge in [0, 0.05) is 23.7 Å². The van der Waals surface area contributed by atoms with Gasteiger partial charge >= 0.3 is 0 Å². The van der Waals surface area contributed by atoms with Crippen molar-refractivity contribution in [2.75, 3.05) is 13.2 Å². The van der Waals surface area contributed by atoms with Crippen LogP contribution in [0.2, 0.25) is 5.02 Å². The van der Waals surface area contributed by atoms with Crippen molar-refractivity contribution in [3.8, 4) is 11.5 Å². The maximum atomic E-state index is 12.5. The summed E-state index contributed by atoms with van der Waals surface area (Å²) in [5.74, 6) is 1.18. The van der Waals surface area contributed by atoms with Crippen LogP contribution < -0.4 is 14.3 Å². The van der Waals surface area contributed by atoms with Crippen LogP contribution in [-0.2, 0) is 17.8 Å². The molecule has 0 unspecified atom stereocenters. The number of carbonyl (C=O) groups is 1. The lowest BCUT2D eigenvalue weighted by Crippen LogP contribution is -2.17. The molecule has 0 atom stereocenters. The lowest BCUT2D eigenvalue weighted by Gasteiger charge is -2.18. The van der Waals surface area contributed by atoms with Gasteiger partial charge in [0.05, 0.1) is 16.6 Å². The highest BCUT2D eigenvalue weighted by Gasteiger charge is 2.16. The lowest BCUT2D eigenvalue weighted by atomic mass is 10.1. The summed E-state index contributed by atoms with van der Waals surface area (Å²) in [7, 11) is 0. The van der Waals surface area contributed by atoms with E-state index in [-0.39, 0.29) is 12.3 Å². The van der Waals surface area contributed by atoms with E-state index in [1.54, 1.807) is 12.1 Å². The zero-order valence-electron chi connectivity index (χ0n) is 14.5. The number of hydrogen-bond acceptors (Lipinski definition) is 4. The molecule has 0 saturated carbocycles. The summed E-state index contributed by atoms with van der Waals surface area (Å²) in [5.41, 5.74) is 1.70. The first-order chi connectivity index (χ1) is 13.2. The van der Waals surface area contributed by atoms with Crippen LogP contribution in [0.1, 0.15) is 5.56 Å². The molecule has 1 aliphatic rings. The van der Waals surface area contributed by atoms with Crippen molar-refractivity contribution in [2.24, 2.45) is 4.99 Å². The van der Waals surface area contributed by atoms with Gasteiger partial charge in [-0.1, -0.05) is 47.2 Å². The van der Waals surface area contributed by atoms with Crippen molar-refractivity contribution in [3.63, 3.8) is 0 Å². The summed E-state index contributed by atoms with van der Waals surface area (Å²) >= 11 is 7.59. The minimum Gasteiger partial charge on any atom is -0.486 e. The first-order valence-corrected chi connectivity index (χ1v) is 9.70. The van der Waals surface area contributed by atoms with Gasteiger partial charge in [0.25, 0.3) is 5.91 Å². The molecule has 138 valence electrons. The average molecular weight is 401 g/mol.